The van der Waals surface area contributed by atoms with Gasteiger partial charge in [-0.2, -0.15) is 0 Å². The number of imidazole rings is 1. The molecule has 0 aliphatic carbocycles. The van der Waals surface area contributed by atoms with Crippen LogP contribution in [-0.4, -0.2) is 66.1 Å². The molecule has 0 bridgehead atoms. The smallest absolute Gasteiger partial charge is 0.291 e. The summed E-state index contributed by atoms with van der Waals surface area (Å²) < 4.78 is 5.30. The van der Waals surface area contributed by atoms with E-state index in [1.807, 2.05) is 0 Å². The third-order valence-corrected chi connectivity index (χ3v) is 3.95. The second-order valence-electron chi connectivity index (χ2n) is 5.65. The number of benzene rings is 1. The van der Waals surface area contributed by atoms with Gasteiger partial charge in [-0.25, -0.2) is 4.98 Å². The molecule has 1 aromatic heterocycles. The molecule has 3 rings (SSSR count). The van der Waals surface area contributed by atoms with E-state index >= 15 is 0 Å². The fourth-order valence-corrected chi connectivity index (χ4v) is 2.61. The Labute approximate surface area is 145 Å². The number of ether oxygens (including phenoxy) is 1. The Bertz CT molecular complexity index is 711. The summed E-state index contributed by atoms with van der Waals surface area (Å²) in [4.78, 5) is 33.4. The van der Waals surface area contributed by atoms with Crippen molar-refractivity contribution >= 4 is 17.5 Å². The van der Waals surface area contributed by atoms with Gasteiger partial charge in [-0.1, -0.05) is 12.1 Å². The van der Waals surface area contributed by atoms with Crippen molar-refractivity contribution in [2.45, 2.75) is 0 Å². The lowest BCUT2D eigenvalue weighted by Gasteiger charge is -2.26. The molecule has 132 valence electrons. The van der Waals surface area contributed by atoms with Gasteiger partial charge in [0.1, 0.15) is 0 Å². The lowest BCUT2D eigenvalue weighted by atomic mass is 10.1. The van der Waals surface area contributed by atoms with E-state index in [1.54, 1.807) is 30.5 Å². The van der Waals surface area contributed by atoms with Gasteiger partial charge in [0.15, 0.2) is 5.82 Å². The first-order chi connectivity index (χ1) is 12.2. The van der Waals surface area contributed by atoms with Crippen LogP contribution in [-0.2, 0) is 4.74 Å². The number of carbonyl (C=O) groups excluding carboxylic acids is 2. The molecule has 1 aliphatic rings. The summed E-state index contributed by atoms with van der Waals surface area (Å²) in [6.45, 7) is 4.54. The Morgan fingerprint density at radius 3 is 2.76 bits per heavy atom. The van der Waals surface area contributed by atoms with E-state index in [1.165, 1.54) is 6.20 Å². The molecule has 2 aromatic rings. The number of morpholine rings is 1. The van der Waals surface area contributed by atoms with Crippen molar-refractivity contribution in [3.63, 3.8) is 0 Å². The number of hydrogen-bond donors (Lipinski definition) is 3. The molecule has 1 fully saturated rings. The summed E-state index contributed by atoms with van der Waals surface area (Å²) >= 11 is 0. The number of hydrogen-bond acceptors (Lipinski definition) is 5. The highest BCUT2D eigenvalue weighted by Gasteiger charge is 2.15. The van der Waals surface area contributed by atoms with Gasteiger partial charge in [0, 0.05) is 38.6 Å². The van der Waals surface area contributed by atoms with Crippen molar-refractivity contribution in [2.24, 2.45) is 0 Å². The maximum Gasteiger partial charge on any atom is 0.291 e. The number of anilines is 1. The molecule has 8 nitrogen and oxygen atoms in total. The Morgan fingerprint density at radius 2 is 2.00 bits per heavy atom. The van der Waals surface area contributed by atoms with Crippen molar-refractivity contribution < 1.29 is 14.3 Å². The van der Waals surface area contributed by atoms with E-state index in [-0.39, 0.29) is 11.7 Å². The molecule has 3 N–H and O–H groups in total. The number of rotatable bonds is 6. The van der Waals surface area contributed by atoms with Gasteiger partial charge in [0.2, 0.25) is 0 Å². The standard InChI is InChI=1S/C17H21N5O3/c23-16(20-7-8-22-9-11-25-12-10-22)13-3-1-2-4-14(13)21-17(24)15-18-5-6-19-15/h1-6H,7-12H2,(H,18,19)(H,20,23)(H,21,24). The zero-order valence-corrected chi connectivity index (χ0v) is 13.8. The van der Waals surface area contributed by atoms with Gasteiger partial charge in [-0.15, -0.1) is 0 Å². The van der Waals surface area contributed by atoms with E-state index in [0.29, 0.717) is 17.8 Å². The summed E-state index contributed by atoms with van der Waals surface area (Å²) in [6, 6.07) is 6.90. The third-order valence-electron chi connectivity index (χ3n) is 3.95. The monoisotopic (exact) mass is 343 g/mol. The lowest BCUT2D eigenvalue weighted by molar-refractivity contribution is 0.0383. The van der Waals surface area contributed by atoms with Gasteiger partial charge in [-0.05, 0) is 12.1 Å². The minimum absolute atomic E-state index is 0.197. The predicted molar refractivity (Wildman–Crippen MR) is 92.6 cm³/mol. The van der Waals surface area contributed by atoms with E-state index in [2.05, 4.69) is 25.5 Å². The second-order valence-corrected chi connectivity index (χ2v) is 5.65. The second kappa shape index (κ2) is 8.41. The number of amides is 2. The Morgan fingerprint density at radius 1 is 1.20 bits per heavy atom. The van der Waals surface area contributed by atoms with Crippen LogP contribution in [0.1, 0.15) is 21.0 Å². The van der Waals surface area contributed by atoms with Crippen LogP contribution >= 0.6 is 0 Å². The number of H-pyrrole nitrogens is 1. The summed E-state index contributed by atoms with van der Waals surface area (Å²) in [5.74, 6) is -0.412. The number of carbonyl (C=O) groups is 2. The first-order valence-electron chi connectivity index (χ1n) is 8.22. The van der Waals surface area contributed by atoms with Gasteiger partial charge in [-0.3, -0.25) is 14.5 Å². The highest BCUT2D eigenvalue weighted by atomic mass is 16.5. The zero-order valence-electron chi connectivity index (χ0n) is 13.8. The zero-order chi connectivity index (χ0) is 17.5. The minimum atomic E-state index is -0.390. The molecule has 1 aliphatic heterocycles. The van der Waals surface area contributed by atoms with Crippen molar-refractivity contribution in [3.05, 3.63) is 48.0 Å². The Kier molecular flexibility index (Phi) is 5.76. The van der Waals surface area contributed by atoms with Crippen LogP contribution in [0.3, 0.4) is 0 Å². The first kappa shape index (κ1) is 17.1. The molecular formula is C17H21N5O3. The van der Waals surface area contributed by atoms with Crippen LogP contribution in [0, 0.1) is 0 Å². The molecule has 0 radical (unpaired) electrons. The van der Waals surface area contributed by atoms with Crippen molar-refractivity contribution in [1.82, 2.24) is 20.2 Å². The Hall–Kier alpha value is -2.71. The van der Waals surface area contributed by atoms with Crippen LogP contribution in [0.4, 0.5) is 5.69 Å². The SMILES string of the molecule is O=C(Nc1ccccc1C(=O)NCCN1CCOCC1)c1ncc[nH]1. The van der Waals surface area contributed by atoms with E-state index in [9.17, 15) is 9.59 Å². The normalized spacial score (nSPS) is 14.9. The fraction of sp³-hybridized carbons (Fsp3) is 0.353. The first-order valence-corrected chi connectivity index (χ1v) is 8.22. The number of aromatic nitrogens is 2. The maximum atomic E-state index is 12.4. The molecule has 8 heteroatoms. The highest BCUT2D eigenvalue weighted by molar-refractivity contribution is 6.07. The number of nitrogens with one attached hydrogen (secondary N) is 3. The molecular weight excluding hydrogens is 322 g/mol. The number of para-hydroxylation sites is 1. The molecule has 2 heterocycles. The molecule has 2 amide bonds. The van der Waals surface area contributed by atoms with Gasteiger partial charge >= 0.3 is 0 Å². The summed E-state index contributed by atoms with van der Waals surface area (Å²) in [5.41, 5.74) is 0.872. The summed E-state index contributed by atoms with van der Waals surface area (Å²) in [6.07, 6.45) is 3.07. The van der Waals surface area contributed by atoms with Crippen LogP contribution in [0.15, 0.2) is 36.7 Å². The predicted octanol–water partition coefficient (Wildman–Crippen LogP) is 0.724. The van der Waals surface area contributed by atoms with Crippen molar-refractivity contribution in [2.75, 3.05) is 44.7 Å². The summed E-state index contributed by atoms with van der Waals surface area (Å²) in [5, 5.41) is 5.61. The van der Waals surface area contributed by atoms with Gasteiger partial charge < -0.3 is 20.4 Å². The lowest BCUT2D eigenvalue weighted by Crippen LogP contribution is -2.41. The molecule has 0 unspecified atom stereocenters. The highest BCUT2D eigenvalue weighted by Crippen LogP contribution is 2.15. The average Bonchev–Trinajstić information content (AvgIpc) is 3.18. The van der Waals surface area contributed by atoms with Crippen LogP contribution in [0.2, 0.25) is 0 Å². The molecule has 1 aromatic carbocycles. The van der Waals surface area contributed by atoms with Gasteiger partial charge in [0.25, 0.3) is 11.8 Å². The molecule has 25 heavy (non-hydrogen) atoms. The number of nitrogens with zero attached hydrogens (tertiary/aromatic N) is 2. The fourth-order valence-electron chi connectivity index (χ4n) is 2.61. The van der Waals surface area contributed by atoms with Gasteiger partial charge in [0.05, 0.1) is 24.5 Å². The summed E-state index contributed by atoms with van der Waals surface area (Å²) in [7, 11) is 0. The maximum absolute atomic E-state index is 12.4. The molecule has 0 atom stereocenters. The largest absolute Gasteiger partial charge is 0.379 e. The molecule has 0 spiro atoms. The van der Waals surface area contributed by atoms with Crippen LogP contribution in [0.5, 0.6) is 0 Å². The topological polar surface area (TPSA) is 99.3 Å². The third kappa shape index (κ3) is 4.65. The van der Waals surface area contributed by atoms with E-state index < -0.39 is 5.91 Å². The molecule has 0 saturated carbocycles. The Balaban J connectivity index is 1.57. The van der Waals surface area contributed by atoms with E-state index in [0.717, 1.165) is 32.8 Å². The number of aromatic amines is 1. The van der Waals surface area contributed by atoms with E-state index in [4.69, 9.17) is 4.74 Å². The van der Waals surface area contributed by atoms with Crippen molar-refractivity contribution in [3.8, 4) is 0 Å². The van der Waals surface area contributed by atoms with Crippen molar-refractivity contribution in [1.29, 1.82) is 0 Å². The molecule has 1 saturated heterocycles. The van der Waals surface area contributed by atoms with Crippen LogP contribution < -0.4 is 10.6 Å². The average molecular weight is 343 g/mol. The quantitative estimate of drug-likeness (QED) is 0.718. The minimum Gasteiger partial charge on any atom is -0.379 e. The van der Waals surface area contributed by atoms with Crippen LogP contribution in [0.25, 0.3) is 0 Å².